The number of nitro groups is 1. The Morgan fingerprint density at radius 1 is 1.21 bits per heavy atom. The van der Waals surface area contributed by atoms with Crippen LogP contribution in [0.25, 0.3) is 23.1 Å². The van der Waals surface area contributed by atoms with Gasteiger partial charge in [-0.15, -0.1) is 0 Å². The van der Waals surface area contributed by atoms with Gasteiger partial charge < -0.3 is 9.97 Å². The summed E-state index contributed by atoms with van der Waals surface area (Å²) in [5, 5.41) is 12.0. The van der Waals surface area contributed by atoms with Crippen molar-refractivity contribution in [3.63, 3.8) is 0 Å². The fourth-order valence-corrected chi connectivity index (χ4v) is 2.64. The monoisotopic (exact) mass is 326 g/mol. The molecule has 0 saturated carbocycles. The smallest absolute Gasteiger partial charge is 0.357 e. The van der Waals surface area contributed by atoms with Gasteiger partial charge in [-0.05, 0) is 23.6 Å². The maximum Gasteiger partial charge on any atom is 0.357 e. The minimum Gasteiger partial charge on any atom is -0.360 e. The fourth-order valence-electron chi connectivity index (χ4n) is 2.64. The van der Waals surface area contributed by atoms with E-state index in [1.165, 1.54) is 6.08 Å². The lowest BCUT2D eigenvalue weighted by atomic mass is 10.1. The molecule has 0 amide bonds. The minimum absolute atomic E-state index is 0.144. The topological polar surface area (TPSA) is 125 Å². The molecule has 8 nitrogen and oxygen atoms in total. The van der Waals surface area contributed by atoms with Gasteiger partial charge in [-0.3, -0.25) is 19.9 Å². The zero-order valence-electron chi connectivity index (χ0n) is 12.8. The van der Waals surface area contributed by atoms with Crippen molar-refractivity contribution in [2.24, 2.45) is 0 Å². The third kappa shape index (κ3) is 2.65. The zero-order chi connectivity index (χ0) is 17.3. The van der Waals surface area contributed by atoms with Gasteiger partial charge in [0.1, 0.15) is 5.69 Å². The molecule has 0 aliphatic heterocycles. The summed E-state index contributed by atoms with van der Waals surface area (Å²) in [5.74, 6) is 0. The van der Waals surface area contributed by atoms with Crippen LogP contribution in [0.5, 0.6) is 0 Å². The maximum absolute atomic E-state index is 11.6. The number of para-hydroxylation sites is 1. The number of nitrogens with zero attached hydrogens (tertiary/aromatic N) is 1. The Hall–Kier alpha value is -3.42. The molecule has 0 unspecified atom stereocenters. The summed E-state index contributed by atoms with van der Waals surface area (Å²) >= 11 is 0. The number of aromatic amines is 3. The van der Waals surface area contributed by atoms with Crippen LogP contribution in [0.4, 0.5) is 5.69 Å². The average molecular weight is 326 g/mol. The second-order valence-corrected chi connectivity index (χ2v) is 5.20. The first kappa shape index (κ1) is 15.5. The second-order valence-electron chi connectivity index (χ2n) is 5.20. The van der Waals surface area contributed by atoms with E-state index in [1.807, 2.05) is 23.2 Å². The molecule has 2 aromatic heterocycles. The van der Waals surface area contributed by atoms with Gasteiger partial charge in [0.25, 0.3) is 0 Å². The SMILES string of the molecule is CCc1cccc2c(/C=C/c3[nH]c(=O)[nH]c(=O)c3[N+](=O)[O-])c[nH]c12. The zero-order valence-corrected chi connectivity index (χ0v) is 12.8. The van der Waals surface area contributed by atoms with Crippen molar-refractivity contribution in [3.05, 3.63) is 72.2 Å². The molecule has 0 spiro atoms. The van der Waals surface area contributed by atoms with Gasteiger partial charge in [-0.1, -0.05) is 31.2 Å². The van der Waals surface area contributed by atoms with Gasteiger partial charge in [0.15, 0.2) is 0 Å². The van der Waals surface area contributed by atoms with Crippen molar-refractivity contribution in [2.75, 3.05) is 0 Å². The normalized spacial score (nSPS) is 11.4. The number of aromatic nitrogens is 3. The standard InChI is InChI=1S/C16H14N4O4/c1-2-9-4-3-5-11-10(8-17-13(9)11)6-7-12-14(20(23)24)15(21)19-16(22)18-12/h3-8,17H,2H2,1H3,(H2,18,19,21,22)/b7-6+. The Morgan fingerprint density at radius 2 is 2.00 bits per heavy atom. The van der Waals surface area contributed by atoms with E-state index in [2.05, 4.69) is 16.9 Å². The molecule has 3 rings (SSSR count). The van der Waals surface area contributed by atoms with Gasteiger partial charge in [0.2, 0.25) is 0 Å². The number of rotatable bonds is 4. The molecule has 0 bridgehead atoms. The van der Waals surface area contributed by atoms with Crippen molar-refractivity contribution in [1.29, 1.82) is 0 Å². The van der Waals surface area contributed by atoms with Crippen LogP contribution in [0, 0.1) is 10.1 Å². The average Bonchev–Trinajstić information content (AvgIpc) is 2.95. The van der Waals surface area contributed by atoms with Gasteiger partial charge in [0, 0.05) is 17.1 Å². The van der Waals surface area contributed by atoms with Crippen LogP contribution in [0.2, 0.25) is 0 Å². The summed E-state index contributed by atoms with van der Waals surface area (Å²) in [6.07, 6.45) is 5.62. The number of nitrogens with one attached hydrogen (secondary N) is 3. The van der Waals surface area contributed by atoms with Crippen LogP contribution in [0.3, 0.4) is 0 Å². The van der Waals surface area contributed by atoms with Gasteiger partial charge >= 0.3 is 16.9 Å². The Morgan fingerprint density at radius 3 is 2.71 bits per heavy atom. The molecule has 0 radical (unpaired) electrons. The van der Waals surface area contributed by atoms with Gasteiger partial charge in [0.05, 0.1) is 4.92 Å². The molecule has 0 fully saturated rings. The molecule has 0 atom stereocenters. The molecule has 0 aliphatic carbocycles. The Labute approximate surface area is 135 Å². The first-order valence-corrected chi connectivity index (χ1v) is 7.29. The lowest BCUT2D eigenvalue weighted by Gasteiger charge is -1.99. The van der Waals surface area contributed by atoms with Crippen LogP contribution in [-0.2, 0) is 6.42 Å². The highest BCUT2D eigenvalue weighted by Gasteiger charge is 2.18. The van der Waals surface area contributed by atoms with Crippen molar-refractivity contribution >= 4 is 28.7 Å². The molecule has 8 heteroatoms. The van der Waals surface area contributed by atoms with Crippen LogP contribution in [-0.4, -0.2) is 19.9 Å². The molecular weight excluding hydrogens is 312 g/mol. The molecule has 3 aromatic rings. The number of hydrogen-bond donors (Lipinski definition) is 3. The molecule has 1 aromatic carbocycles. The first-order valence-electron chi connectivity index (χ1n) is 7.29. The third-order valence-electron chi connectivity index (χ3n) is 3.77. The fraction of sp³-hybridized carbons (Fsp3) is 0.125. The highest BCUT2D eigenvalue weighted by molar-refractivity contribution is 5.93. The number of H-pyrrole nitrogens is 3. The van der Waals surface area contributed by atoms with Crippen LogP contribution in [0.15, 0.2) is 34.0 Å². The Kier molecular flexibility index (Phi) is 3.87. The van der Waals surface area contributed by atoms with E-state index < -0.39 is 21.9 Å². The maximum atomic E-state index is 11.6. The van der Waals surface area contributed by atoms with Crippen molar-refractivity contribution in [3.8, 4) is 0 Å². The quantitative estimate of drug-likeness (QED) is 0.502. The number of fused-ring (bicyclic) bond motifs is 1. The summed E-state index contributed by atoms with van der Waals surface area (Å²) in [5.41, 5.74) is 0.287. The van der Waals surface area contributed by atoms with Crippen molar-refractivity contribution < 1.29 is 4.92 Å². The predicted octanol–water partition coefficient (Wildman–Crippen LogP) is 2.19. The molecule has 2 heterocycles. The largest absolute Gasteiger partial charge is 0.360 e. The first-order chi connectivity index (χ1) is 11.5. The number of benzene rings is 1. The minimum atomic E-state index is -1.03. The predicted molar refractivity (Wildman–Crippen MR) is 90.9 cm³/mol. The highest BCUT2D eigenvalue weighted by atomic mass is 16.6. The number of hydrogen-bond acceptors (Lipinski definition) is 4. The molecular formula is C16H14N4O4. The summed E-state index contributed by atoms with van der Waals surface area (Å²) in [6, 6.07) is 5.88. The van der Waals surface area contributed by atoms with Gasteiger partial charge in [-0.25, -0.2) is 4.79 Å². The van der Waals surface area contributed by atoms with E-state index in [0.29, 0.717) is 0 Å². The van der Waals surface area contributed by atoms with E-state index in [1.54, 1.807) is 12.3 Å². The molecule has 122 valence electrons. The molecule has 0 aliphatic rings. The highest BCUT2D eigenvalue weighted by Crippen LogP contribution is 2.24. The van der Waals surface area contributed by atoms with Crippen LogP contribution < -0.4 is 11.2 Å². The summed E-state index contributed by atoms with van der Waals surface area (Å²) in [4.78, 5) is 40.5. The van der Waals surface area contributed by atoms with Crippen molar-refractivity contribution in [2.45, 2.75) is 13.3 Å². The van der Waals surface area contributed by atoms with Crippen molar-refractivity contribution in [1.82, 2.24) is 15.0 Å². The molecule has 0 saturated heterocycles. The van der Waals surface area contributed by atoms with Gasteiger partial charge in [-0.2, -0.15) is 0 Å². The van der Waals surface area contributed by atoms with E-state index in [4.69, 9.17) is 0 Å². The lowest BCUT2D eigenvalue weighted by molar-refractivity contribution is -0.386. The Bertz CT molecular complexity index is 1070. The Balaban J connectivity index is 2.12. The van der Waals surface area contributed by atoms with Crippen LogP contribution in [0.1, 0.15) is 23.7 Å². The second kappa shape index (κ2) is 5.99. The van der Waals surface area contributed by atoms with E-state index in [9.17, 15) is 19.7 Å². The summed E-state index contributed by atoms with van der Waals surface area (Å²) in [7, 11) is 0. The summed E-state index contributed by atoms with van der Waals surface area (Å²) < 4.78 is 0. The molecule has 3 N–H and O–H groups in total. The molecule has 24 heavy (non-hydrogen) atoms. The third-order valence-corrected chi connectivity index (χ3v) is 3.77. The summed E-state index contributed by atoms with van der Waals surface area (Å²) in [6.45, 7) is 2.05. The van der Waals surface area contributed by atoms with E-state index >= 15 is 0 Å². The van der Waals surface area contributed by atoms with E-state index in [0.717, 1.165) is 28.5 Å². The van der Waals surface area contributed by atoms with Crippen LogP contribution >= 0.6 is 0 Å². The van der Waals surface area contributed by atoms with E-state index in [-0.39, 0.29) is 5.69 Å². The lowest BCUT2D eigenvalue weighted by Crippen LogP contribution is -2.25. The number of aryl methyl sites for hydroxylation is 1.